The molecule has 18 heavy (non-hydrogen) atoms. The van der Waals surface area contributed by atoms with Gasteiger partial charge in [-0.3, -0.25) is 0 Å². The summed E-state index contributed by atoms with van der Waals surface area (Å²) in [5.74, 6) is -0.328. The van der Waals surface area contributed by atoms with Gasteiger partial charge in [0, 0.05) is 0 Å². The van der Waals surface area contributed by atoms with E-state index in [1.165, 1.54) is 11.1 Å². The van der Waals surface area contributed by atoms with Crippen LogP contribution in [-0.4, -0.2) is 14.2 Å². The first-order valence-corrected chi connectivity index (χ1v) is 8.00. The van der Waals surface area contributed by atoms with Crippen LogP contribution in [0.3, 0.4) is 0 Å². The Kier molecular flexibility index (Phi) is 6.33. The maximum atomic E-state index is 12.2. The molecule has 0 aromatic heterocycles. The number of halogens is 1. The van der Waals surface area contributed by atoms with E-state index in [0.717, 1.165) is 32.1 Å². The van der Waals surface area contributed by atoms with Gasteiger partial charge >= 0.3 is 10.2 Å². The molecular weight excluding hydrogens is 251 g/mol. The Morgan fingerprint density at radius 1 is 1.06 bits per heavy atom. The van der Waals surface area contributed by atoms with Crippen molar-refractivity contribution in [1.29, 1.82) is 0 Å². The lowest BCUT2D eigenvalue weighted by Gasteiger charge is -2.03. The fourth-order valence-corrected chi connectivity index (χ4v) is 2.55. The molecule has 2 nitrogen and oxygen atoms in total. The molecule has 0 heterocycles. The van der Waals surface area contributed by atoms with E-state index in [0.29, 0.717) is 6.42 Å². The van der Waals surface area contributed by atoms with Crippen LogP contribution >= 0.6 is 0 Å². The minimum absolute atomic E-state index is 0.328. The molecule has 4 heteroatoms. The molecule has 0 unspecified atom stereocenters. The number of benzene rings is 1. The molecule has 0 aliphatic rings. The zero-order chi connectivity index (χ0) is 13.4. The molecule has 0 N–H and O–H groups in total. The molecule has 1 rings (SSSR count). The van der Waals surface area contributed by atoms with Crippen molar-refractivity contribution in [1.82, 2.24) is 0 Å². The second kappa shape index (κ2) is 7.52. The minimum Gasteiger partial charge on any atom is -0.195 e. The van der Waals surface area contributed by atoms with E-state index in [2.05, 4.69) is 31.2 Å². The minimum atomic E-state index is -4.26. The van der Waals surface area contributed by atoms with Crippen LogP contribution in [0.1, 0.15) is 43.2 Å². The fraction of sp³-hybridized carbons (Fsp3) is 0.571. The quantitative estimate of drug-likeness (QED) is 0.533. The van der Waals surface area contributed by atoms with Gasteiger partial charge in [-0.15, -0.1) is 3.89 Å². The van der Waals surface area contributed by atoms with Crippen molar-refractivity contribution in [3.63, 3.8) is 0 Å². The number of hydrogen-bond donors (Lipinski definition) is 0. The van der Waals surface area contributed by atoms with E-state index >= 15 is 0 Å². The largest absolute Gasteiger partial charge is 0.302 e. The van der Waals surface area contributed by atoms with Crippen LogP contribution < -0.4 is 0 Å². The molecule has 0 saturated heterocycles. The Labute approximate surface area is 109 Å². The van der Waals surface area contributed by atoms with Crippen molar-refractivity contribution >= 4 is 10.2 Å². The average molecular weight is 272 g/mol. The summed E-state index contributed by atoms with van der Waals surface area (Å²) >= 11 is 0. The first kappa shape index (κ1) is 15.2. The molecule has 0 radical (unpaired) electrons. The van der Waals surface area contributed by atoms with Gasteiger partial charge in [-0.25, -0.2) is 0 Å². The maximum absolute atomic E-state index is 12.2. The highest BCUT2D eigenvalue weighted by atomic mass is 32.3. The smallest absolute Gasteiger partial charge is 0.195 e. The normalized spacial score (nSPS) is 11.7. The summed E-state index contributed by atoms with van der Waals surface area (Å²) in [6.45, 7) is 2.08. The molecule has 0 saturated carbocycles. The molecule has 0 fully saturated rings. The summed E-state index contributed by atoms with van der Waals surface area (Å²) in [6, 6.07) is 8.47. The predicted molar refractivity (Wildman–Crippen MR) is 72.9 cm³/mol. The van der Waals surface area contributed by atoms with Gasteiger partial charge in [-0.1, -0.05) is 49.1 Å². The monoisotopic (exact) mass is 272 g/mol. The third-order valence-electron chi connectivity index (χ3n) is 2.94. The van der Waals surface area contributed by atoms with Gasteiger partial charge in [-0.2, -0.15) is 8.42 Å². The van der Waals surface area contributed by atoms with Gasteiger partial charge in [0.25, 0.3) is 0 Å². The van der Waals surface area contributed by atoms with Crippen molar-refractivity contribution in [2.45, 2.75) is 45.4 Å². The summed E-state index contributed by atoms with van der Waals surface area (Å²) in [4.78, 5) is 0. The molecule has 0 aliphatic heterocycles. The van der Waals surface area contributed by atoms with Crippen LogP contribution in [-0.2, 0) is 16.6 Å². The Morgan fingerprint density at radius 3 is 2.39 bits per heavy atom. The van der Waals surface area contributed by atoms with Crippen LogP contribution in [0.15, 0.2) is 24.3 Å². The highest BCUT2D eigenvalue weighted by Crippen LogP contribution is 2.11. The van der Waals surface area contributed by atoms with Crippen molar-refractivity contribution in [3.05, 3.63) is 35.4 Å². The SMILES string of the molecule is Cc1cccc(CCCCCCCS(=O)(=O)F)c1. The number of rotatable bonds is 8. The summed E-state index contributed by atoms with van der Waals surface area (Å²) in [7, 11) is -4.26. The summed E-state index contributed by atoms with van der Waals surface area (Å²) in [6.07, 6.45) is 5.43. The van der Waals surface area contributed by atoms with Gasteiger partial charge in [0.1, 0.15) is 0 Å². The van der Waals surface area contributed by atoms with E-state index in [1.807, 2.05) is 0 Å². The fourth-order valence-electron chi connectivity index (χ4n) is 2.00. The number of aryl methyl sites for hydroxylation is 2. The Morgan fingerprint density at radius 2 is 1.72 bits per heavy atom. The zero-order valence-corrected chi connectivity index (χ0v) is 11.7. The van der Waals surface area contributed by atoms with Crippen LogP contribution in [0.2, 0.25) is 0 Å². The van der Waals surface area contributed by atoms with Crippen molar-refractivity contribution < 1.29 is 12.3 Å². The van der Waals surface area contributed by atoms with E-state index in [9.17, 15) is 12.3 Å². The van der Waals surface area contributed by atoms with E-state index in [-0.39, 0.29) is 5.75 Å². The average Bonchev–Trinajstić information content (AvgIpc) is 2.26. The van der Waals surface area contributed by atoms with Crippen LogP contribution in [0, 0.1) is 6.92 Å². The third kappa shape index (κ3) is 7.43. The molecule has 1 aromatic rings. The van der Waals surface area contributed by atoms with Crippen LogP contribution in [0.25, 0.3) is 0 Å². The lowest BCUT2D eigenvalue weighted by atomic mass is 10.0. The topological polar surface area (TPSA) is 34.1 Å². The molecule has 0 aliphatic carbocycles. The lowest BCUT2D eigenvalue weighted by Crippen LogP contribution is -1.97. The Balaban J connectivity index is 2.06. The first-order valence-electron chi connectivity index (χ1n) is 6.45. The van der Waals surface area contributed by atoms with Crippen LogP contribution in [0.4, 0.5) is 3.89 Å². The van der Waals surface area contributed by atoms with E-state index in [4.69, 9.17) is 0 Å². The van der Waals surface area contributed by atoms with Gasteiger partial charge in [0.2, 0.25) is 0 Å². The number of hydrogen-bond acceptors (Lipinski definition) is 2. The van der Waals surface area contributed by atoms with E-state index < -0.39 is 10.2 Å². The zero-order valence-electron chi connectivity index (χ0n) is 10.9. The Hall–Kier alpha value is -0.900. The molecular formula is C14H21FO2S. The summed E-state index contributed by atoms with van der Waals surface area (Å²) in [5.41, 5.74) is 2.63. The van der Waals surface area contributed by atoms with Crippen molar-refractivity contribution in [2.24, 2.45) is 0 Å². The standard InChI is InChI=1S/C14H21FO2S/c1-13-8-7-10-14(12-13)9-5-3-2-4-6-11-18(15,16)17/h7-8,10,12H,2-6,9,11H2,1H3. The third-order valence-corrected chi connectivity index (χ3v) is 3.71. The first-order chi connectivity index (χ1) is 8.47. The van der Waals surface area contributed by atoms with Gasteiger partial charge in [-0.05, 0) is 31.7 Å². The van der Waals surface area contributed by atoms with E-state index in [1.54, 1.807) is 0 Å². The predicted octanol–water partition coefficient (Wildman–Crippen LogP) is 3.79. The molecule has 0 atom stereocenters. The lowest BCUT2D eigenvalue weighted by molar-refractivity contribution is 0.544. The van der Waals surface area contributed by atoms with Crippen LogP contribution in [0.5, 0.6) is 0 Å². The molecule has 1 aromatic carbocycles. The van der Waals surface area contributed by atoms with Gasteiger partial charge in [0.15, 0.2) is 0 Å². The second-order valence-corrected chi connectivity index (χ2v) is 6.24. The molecule has 0 bridgehead atoms. The van der Waals surface area contributed by atoms with Gasteiger partial charge in [0.05, 0.1) is 5.75 Å². The molecule has 102 valence electrons. The summed E-state index contributed by atoms with van der Waals surface area (Å²) < 4.78 is 32.7. The highest BCUT2D eigenvalue weighted by molar-refractivity contribution is 7.86. The maximum Gasteiger partial charge on any atom is 0.302 e. The number of unbranched alkanes of at least 4 members (excludes halogenated alkanes) is 4. The second-order valence-electron chi connectivity index (χ2n) is 4.75. The Bertz CT molecular complexity index is 455. The van der Waals surface area contributed by atoms with Crippen molar-refractivity contribution in [2.75, 3.05) is 5.75 Å². The van der Waals surface area contributed by atoms with Crippen molar-refractivity contribution in [3.8, 4) is 0 Å². The van der Waals surface area contributed by atoms with Gasteiger partial charge < -0.3 is 0 Å². The molecule has 0 spiro atoms. The summed E-state index contributed by atoms with van der Waals surface area (Å²) in [5, 5.41) is 0. The molecule has 0 amide bonds. The highest BCUT2D eigenvalue weighted by Gasteiger charge is 2.05.